The standard InChI is InChI=1S/C22H46O.C12H10/c1-3-5-7-9-11-13-15-17-19-21-23-22-20-18-16-14-12-10-8-6-4-2;1-3-7-11(8-4-1)12-9-5-2-6-10-12/h3-22H2,1-2H3;1-10H. The van der Waals surface area contributed by atoms with Crippen LogP contribution in [0.5, 0.6) is 0 Å². The molecule has 0 aliphatic rings. The van der Waals surface area contributed by atoms with E-state index in [1.807, 2.05) is 12.1 Å². The highest BCUT2D eigenvalue weighted by molar-refractivity contribution is 5.62. The molecule has 0 amide bonds. The summed E-state index contributed by atoms with van der Waals surface area (Å²) in [5.41, 5.74) is 2.55. The monoisotopic (exact) mass is 480 g/mol. The number of rotatable bonds is 21. The van der Waals surface area contributed by atoms with Crippen LogP contribution in [-0.4, -0.2) is 13.2 Å². The van der Waals surface area contributed by atoms with E-state index in [0.29, 0.717) is 0 Å². The van der Waals surface area contributed by atoms with Gasteiger partial charge in [-0.1, -0.05) is 177 Å². The topological polar surface area (TPSA) is 9.23 Å². The molecule has 35 heavy (non-hydrogen) atoms. The minimum Gasteiger partial charge on any atom is -0.381 e. The van der Waals surface area contributed by atoms with E-state index >= 15 is 0 Å². The summed E-state index contributed by atoms with van der Waals surface area (Å²) in [5.74, 6) is 0. The lowest BCUT2D eigenvalue weighted by molar-refractivity contribution is 0.125. The van der Waals surface area contributed by atoms with Gasteiger partial charge in [0.05, 0.1) is 0 Å². The summed E-state index contributed by atoms with van der Waals surface area (Å²) in [6, 6.07) is 20.8. The molecular formula is C34H56O. The predicted molar refractivity (Wildman–Crippen MR) is 157 cm³/mol. The zero-order valence-electron chi connectivity index (χ0n) is 23.3. The second kappa shape index (κ2) is 25.5. The Morgan fingerprint density at radius 3 is 0.971 bits per heavy atom. The Morgan fingerprint density at radius 2 is 0.657 bits per heavy atom. The van der Waals surface area contributed by atoms with E-state index in [4.69, 9.17) is 4.74 Å². The van der Waals surface area contributed by atoms with Gasteiger partial charge >= 0.3 is 0 Å². The van der Waals surface area contributed by atoms with E-state index in [2.05, 4.69) is 62.4 Å². The first-order valence-corrected chi connectivity index (χ1v) is 15.1. The molecule has 2 aromatic carbocycles. The number of unbranched alkanes of at least 4 members (excludes halogenated alkanes) is 16. The summed E-state index contributed by atoms with van der Waals surface area (Å²) in [4.78, 5) is 0. The van der Waals surface area contributed by atoms with E-state index in [0.717, 1.165) is 13.2 Å². The van der Waals surface area contributed by atoms with Gasteiger partial charge in [-0.2, -0.15) is 0 Å². The Labute approximate surface area is 219 Å². The summed E-state index contributed by atoms with van der Waals surface area (Å²) in [5, 5.41) is 0. The number of ether oxygens (including phenoxy) is 1. The largest absolute Gasteiger partial charge is 0.381 e. The van der Waals surface area contributed by atoms with Gasteiger partial charge in [-0.15, -0.1) is 0 Å². The van der Waals surface area contributed by atoms with Crippen LogP contribution in [0.2, 0.25) is 0 Å². The van der Waals surface area contributed by atoms with E-state index in [-0.39, 0.29) is 0 Å². The fourth-order valence-corrected chi connectivity index (χ4v) is 4.39. The summed E-state index contributed by atoms with van der Waals surface area (Å²) in [7, 11) is 0. The quantitative estimate of drug-likeness (QED) is 0.161. The maximum atomic E-state index is 5.75. The maximum Gasteiger partial charge on any atom is 0.0466 e. The molecular weight excluding hydrogens is 424 g/mol. The van der Waals surface area contributed by atoms with Crippen LogP contribution in [0.3, 0.4) is 0 Å². The van der Waals surface area contributed by atoms with E-state index in [1.54, 1.807) is 0 Å². The van der Waals surface area contributed by atoms with Gasteiger partial charge in [0, 0.05) is 13.2 Å². The summed E-state index contributed by atoms with van der Waals surface area (Å²) in [6.45, 7) is 6.56. The molecule has 2 rings (SSSR count). The fraction of sp³-hybridized carbons (Fsp3) is 0.647. The zero-order valence-corrected chi connectivity index (χ0v) is 23.3. The van der Waals surface area contributed by atoms with Gasteiger partial charge in [-0.3, -0.25) is 0 Å². The Kier molecular flexibility index (Phi) is 22.9. The third kappa shape index (κ3) is 20.3. The maximum absolute atomic E-state index is 5.75. The molecule has 0 aromatic heterocycles. The third-order valence-electron chi connectivity index (χ3n) is 6.67. The average Bonchev–Trinajstić information content (AvgIpc) is 2.91. The minimum absolute atomic E-state index is 0.993. The SMILES string of the molecule is CCCCCCCCCCCOCCCCCCCCCCC.c1ccc(-c2ccccc2)cc1. The number of benzene rings is 2. The third-order valence-corrected chi connectivity index (χ3v) is 6.67. The van der Waals surface area contributed by atoms with Gasteiger partial charge in [0.25, 0.3) is 0 Å². The van der Waals surface area contributed by atoms with Crippen molar-refractivity contribution in [3.8, 4) is 11.1 Å². The molecule has 0 saturated heterocycles. The molecule has 0 spiro atoms. The second-order valence-corrected chi connectivity index (χ2v) is 10.0. The van der Waals surface area contributed by atoms with E-state index < -0.39 is 0 Å². The van der Waals surface area contributed by atoms with Crippen LogP contribution in [-0.2, 0) is 4.74 Å². The molecule has 0 radical (unpaired) electrons. The van der Waals surface area contributed by atoms with E-state index in [1.165, 1.54) is 127 Å². The Morgan fingerprint density at radius 1 is 0.371 bits per heavy atom. The minimum atomic E-state index is 0.993. The van der Waals surface area contributed by atoms with Crippen molar-refractivity contribution in [2.24, 2.45) is 0 Å². The summed E-state index contributed by atoms with van der Waals surface area (Å²) < 4.78 is 5.75. The van der Waals surface area contributed by atoms with Gasteiger partial charge in [0.2, 0.25) is 0 Å². The van der Waals surface area contributed by atoms with Crippen molar-refractivity contribution < 1.29 is 4.74 Å². The lowest BCUT2D eigenvalue weighted by Crippen LogP contribution is -1.97. The molecule has 0 heterocycles. The van der Waals surface area contributed by atoms with Crippen LogP contribution in [0, 0.1) is 0 Å². The molecule has 0 saturated carbocycles. The Bertz CT molecular complexity index is 579. The van der Waals surface area contributed by atoms with Crippen LogP contribution < -0.4 is 0 Å². The molecule has 0 aliphatic carbocycles. The second-order valence-electron chi connectivity index (χ2n) is 10.0. The molecule has 0 N–H and O–H groups in total. The first-order valence-electron chi connectivity index (χ1n) is 15.1. The molecule has 0 atom stereocenters. The molecule has 0 aliphatic heterocycles. The lowest BCUT2D eigenvalue weighted by Gasteiger charge is -2.05. The van der Waals surface area contributed by atoms with Gasteiger partial charge in [-0.25, -0.2) is 0 Å². The molecule has 1 heteroatoms. The highest BCUT2D eigenvalue weighted by atomic mass is 16.5. The van der Waals surface area contributed by atoms with Crippen molar-refractivity contribution in [2.45, 2.75) is 129 Å². The normalized spacial score (nSPS) is 10.7. The van der Waals surface area contributed by atoms with Crippen molar-refractivity contribution >= 4 is 0 Å². The summed E-state index contributed by atoms with van der Waals surface area (Å²) in [6.07, 6.45) is 25.2. The highest BCUT2D eigenvalue weighted by Gasteiger charge is 1.95. The number of hydrogen-bond acceptors (Lipinski definition) is 1. The Balaban J connectivity index is 0.000000420. The first kappa shape index (κ1) is 31.4. The van der Waals surface area contributed by atoms with Crippen LogP contribution in [0.1, 0.15) is 129 Å². The summed E-state index contributed by atoms with van der Waals surface area (Å²) >= 11 is 0. The van der Waals surface area contributed by atoms with Crippen molar-refractivity contribution in [2.75, 3.05) is 13.2 Å². The number of hydrogen-bond donors (Lipinski definition) is 0. The van der Waals surface area contributed by atoms with Crippen molar-refractivity contribution in [3.05, 3.63) is 60.7 Å². The van der Waals surface area contributed by atoms with Gasteiger partial charge in [0.15, 0.2) is 0 Å². The van der Waals surface area contributed by atoms with Crippen molar-refractivity contribution in [3.63, 3.8) is 0 Å². The van der Waals surface area contributed by atoms with Crippen LogP contribution in [0.15, 0.2) is 60.7 Å². The van der Waals surface area contributed by atoms with Gasteiger partial charge < -0.3 is 4.74 Å². The van der Waals surface area contributed by atoms with Crippen molar-refractivity contribution in [1.82, 2.24) is 0 Å². The van der Waals surface area contributed by atoms with Gasteiger partial charge in [0.1, 0.15) is 0 Å². The lowest BCUT2D eigenvalue weighted by atomic mass is 10.1. The van der Waals surface area contributed by atoms with Crippen molar-refractivity contribution in [1.29, 1.82) is 0 Å². The average molecular weight is 481 g/mol. The fourth-order valence-electron chi connectivity index (χ4n) is 4.39. The molecule has 0 bridgehead atoms. The zero-order chi connectivity index (χ0) is 25.1. The molecule has 0 unspecified atom stereocenters. The van der Waals surface area contributed by atoms with Gasteiger partial charge in [-0.05, 0) is 24.0 Å². The predicted octanol–water partition coefficient (Wildman–Crippen LogP) is 11.4. The Hall–Kier alpha value is -1.60. The van der Waals surface area contributed by atoms with Crippen LogP contribution >= 0.6 is 0 Å². The van der Waals surface area contributed by atoms with Crippen LogP contribution in [0.4, 0.5) is 0 Å². The first-order chi connectivity index (χ1) is 17.4. The van der Waals surface area contributed by atoms with Crippen LogP contribution in [0.25, 0.3) is 11.1 Å². The molecule has 1 nitrogen and oxygen atoms in total. The highest BCUT2D eigenvalue weighted by Crippen LogP contribution is 2.17. The molecule has 0 fully saturated rings. The molecule has 198 valence electrons. The smallest absolute Gasteiger partial charge is 0.0466 e. The van der Waals surface area contributed by atoms with E-state index in [9.17, 15) is 0 Å². The molecule has 2 aromatic rings.